The molecule has 1 atom stereocenters. The first-order chi connectivity index (χ1) is 4.93. The third kappa shape index (κ3) is 3.14. The van der Waals surface area contributed by atoms with Crippen LogP contribution in [0.25, 0.3) is 0 Å². The number of hydrogen-bond donors (Lipinski definition) is 1. The van der Waals surface area contributed by atoms with Gasteiger partial charge in [-0.25, -0.2) is 0 Å². The lowest BCUT2D eigenvalue weighted by molar-refractivity contribution is 0.309. The molecule has 0 spiro atoms. The molecule has 11 heavy (non-hydrogen) atoms. The molecule has 0 bridgehead atoms. The molecule has 3 heteroatoms. The minimum atomic E-state index is -0.0306. The molecule has 1 N–H and O–H groups in total. The van der Waals surface area contributed by atoms with Crippen molar-refractivity contribution in [3.63, 3.8) is 0 Å². The Balaban J connectivity index is 4.44. The first kappa shape index (κ1) is 10.8. The Labute approximate surface area is 73.1 Å². The van der Waals surface area contributed by atoms with E-state index in [1.807, 2.05) is 13.2 Å². The smallest absolute Gasteiger partial charge is 0.0750 e. The van der Waals surface area contributed by atoms with E-state index >= 15 is 0 Å². The molecule has 1 unspecified atom stereocenters. The minimum Gasteiger partial charge on any atom is -0.411 e. The van der Waals surface area contributed by atoms with Crippen LogP contribution in [0.15, 0.2) is 5.16 Å². The second-order valence-corrected chi connectivity index (χ2v) is 4.79. The lowest BCUT2D eigenvalue weighted by Crippen LogP contribution is -2.28. The Hall–Kier alpha value is -0.180. The van der Waals surface area contributed by atoms with Crippen LogP contribution >= 0.6 is 11.8 Å². The molecule has 0 heterocycles. The van der Waals surface area contributed by atoms with Crippen molar-refractivity contribution in [1.29, 1.82) is 0 Å². The van der Waals surface area contributed by atoms with Gasteiger partial charge in [0, 0.05) is 10.7 Å². The summed E-state index contributed by atoms with van der Waals surface area (Å²) in [6, 6.07) is 0. The molecule has 2 nitrogen and oxygen atoms in total. The van der Waals surface area contributed by atoms with Gasteiger partial charge in [0.1, 0.15) is 0 Å². The molecule has 0 saturated carbocycles. The van der Waals surface area contributed by atoms with Crippen LogP contribution in [0.5, 0.6) is 0 Å². The molecule has 0 radical (unpaired) electrons. The van der Waals surface area contributed by atoms with Crippen molar-refractivity contribution >= 4 is 17.5 Å². The summed E-state index contributed by atoms with van der Waals surface area (Å²) < 4.78 is 0. The molecule has 0 aromatic heterocycles. The van der Waals surface area contributed by atoms with Crippen LogP contribution in [0.4, 0.5) is 0 Å². The predicted octanol–water partition coefficient (Wildman–Crippen LogP) is 2.61. The molecule has 0 saturated heterocycles. The van der Waals surface area contributed by atoms with Gasteiger partial charge in [-0.3, -0.25) is 0 Å². The number of hydrogen-bond acceptors (Lipinski definition) is 3. The summed E-state index contributed by atoms with van der Waals surface area (Å²) in [6.45, 7) is 8.20. The first-order valence-electron chi connectivity index (χ1n) is 3.68. The first-order valence-corrected chi connectivity index (χ1v) is 4.97. The van der Waals surface area contributed by atoms with Gasteiger partial charge in [-0.2, -0.15) is 11.8 Å². The number of nitrogens with zero attached hydrogens (tertiary/aromatic N) is 1. The Kier molecular flexibility index (Phi) is 3.93. The van der Waals surface area contributed by atoms with Crippen LogP contribution in [0, 0.1) is 5.41 Å². The molecule has 0 aromatic rings. The summed E-state index contributed by atoms with van der Waals surface area (Å²) >= 11 is 1.69. The van der Waals surface area contributed by atoms with Crippen molar-refractivity contribution in [2.45, 2.75) is 32.9 Å². The molecule has 66 valence electrons. The summed E-state index contributed by atoms with van der Waals surface area (Å²) in [5.41, 5.74) is 0.821. The van der Waals surface area contributed by atoms with E-state index in [2.05, 4.69) is 25.9 Å². The maximum atomic E-state index is 8.74. The summed E-state index contributed by atoms with van der Waals surface area (Å²) in [4.78, 5) is 0. The van der Waals surface area contributed by atoms with E-state index in [9.17, 15) is 0 Å². The Morgan fingerprint density at radius 3 is 2.00 bits per heavy atom. The summed E-state index contributed by atoms with van der Waals surface area (Å²) in [5, 5.41) is 12.4. The highest BCUT2D eigenvalue weighted by Gasteiger charge is 2.24. The highest BCUT2D eigenvalue weighted by Crippen LogP contribution is 2.23. The molecule has 0 aliphatic carbocycles. The largest absolute Gasteiger partial charge is 0.411 e. The van der Waals surface area contributed by atoms with E-state index in [4.69, 9.17) is 5.21 Å². The average Bonchev–Trinajstić information content (AvgIpc) is 1.86. The SMILES string of the molecule is CSC(C)/C(=N\O)C(C)(C)C. The van der Waals surface area contributed by atoms with E-state index < -0.39 is 0 Å². The number of thioether (sulfide) groups is 1. The van der Waals surface area contributed by atoms with Crippen molar-refractivity contribution in [3.8, 4) is 0 Å². The fourth-order valence-corrected chi connectivity index (χ4v) is 1.58. The molecular weight excluding hydrogens is 158 g/mol. The maximum Gasteiger partial charge on any atom is 0.0750 e. The second kappa shape index (κ2) is 4.00. The predicted molar refractivity (Wildman–Crippen MR) is 51.7 cm³/mol. The van der Waals surface area contributed by atoms with Crippen molar-refractivity contribution in [1.82, 2.24) is 0 Å². The van der Waals surface area contributed by atoms with Crippen LogP contribution in [0.1, 0.15) is 27.7 Å². The molecule has 0 fully saturated rings. The third-order valence-electron chi connectivity index (χ3n) is 1.61. The minimum absolute atomic E-state index is 0.0306. The standard InChI is InChI=1S/C8H17NOS/c1-6(11-5)7(9-10)8(2,3)4/h6,10H,1-5H3/b9-7+. The molecule has 0 rings (SSSR count). The Morgan fingerprint density at radius 1 is 1.45 bits per heavy atom. The molecule has 0 aromatic carbocycles. The number of rotatable bonds is 2. The van der Waals surface area contributed by atoms with Crippen LogP contribution in [0.3, 0.4) is 0 Å². The van der Waals surface area contributed by atoms with Crippen molar-refractivity contribution < 1.29 is 5.21 Å². The van der Waals surface area contributed by atoms with Gasteiger partial charge < -0.3 is 5.21 Å². The van der Waals surface area contributed by atoms with E-state index in [0.29, 0.717) is 5.25 Å². The van der Waals surface area contributed by atoms with Gasteiger partial charge >= 0.3 is 0 Å². The van der Waals surface area contributed by atoms with Gasteiger partial charge in [0.05, 0.1) is 5.71 Å². The fraction of sp³-hybridized carbons (Fsp3) is 0.875. The van der Waals surface area contributed by atoms with E-state index in [1.165, 1.54) is 0 Å². The van der Waals surface area contributed by atoms with Crippen LogP contribution in [0.2, 0.25) is 0 Å². The Morgan fingerprint density at radius 2 is 1.91 bits per heavy atom. The molecule has 0 aliphatic heterocycles. The van der Waals surface area contributed by atoms with E-state index in [-0.39, 0.29) is 5.41 Å². The summed E-state index contributed by atoms with van der Waals surface area (Å²) in [7, 11) is 0. The van der Waals surface area contributed by atoms with Crippen LogP contribution < -0.4 is 0 Å². The van der Waals surface area contributed by atoms with Gasteiger partial charge in [0.25, 0.3) is 0 Å². The lowest BCUT2D eigenvalue weighted by Gasteiger charge is -2.23. The highest BCUT2D eigenvalue weighted by atomic mass is 32.2. The lowest BCUT2D eigenvalue weighted by atomic mass is 9.88. The molecule has 0 aliphatic rings. The van der Waals surface area contributed by atoms with Crippen molar-refractivity contribution in [2.75, 3.05) is 6.26 Å². The molecular formula is C8H17NOS. The number of oxime groups is 1. The van der Waals surface area contributed by atoms with Gasteiger partial charge in [0.15, 0.2) is 0 Å². The highest BCUT2D eigenvalue weighted by molar-refractivity contribution is 7.99. The maximum absolute atomic E-state index is 8.74. The van der Waals surface area contributed by atoms with Crippen LogP contribution in [-0.2, 0) is 0 Å². The third-order valence-corrected chi connectivity index (χ3v) is 2.55. The topological polar surface area (TPSA) is 32.6 Å². The second-order valence-electron chi connectivity index (χ2n) is 3.61. The average molecular weight is 175 g/mol. The van der Waals surface area contributed by atoms with Crippen LogP contribution in [-0.4, -0.2) is 22.4 Å². The normalized spacial score (nSPS) is 16.6. The fourth-order valence-electron chi connectivity index (χ4n) is 0.953. The van der Waals surface area contributed by atoms with E-state index in [0.717, 1.165) is 5.71 Å². The quantitative estimate of drug-likeness (QED) is 0.397. The van der Waals surface area contributed by atoms with Crippen molar-refractivity contribution in [3.05, 3.63) is 0 Å². The monoisotopic (exact) mass is 175 g/mol. The summed E-state index contributed by atoms with van der Waals surface area (Å²) in [6.07, 6.45) is 2.02. The zero-order chi connectivity index (χ0) is 9.07. The Bertz CT molecular complexity index is 149. The molecule has 0 amide bonds. The van der Waals surface area contributed by atoms with Gasteiger partial charge in [-0.1, -0.05) is 25.9 Å². The van der Waals surface area contributed by atoms with Crippen molar-refractivity contribution in [2.24, 2.45) is 10.6 Å². The van der Waals surface area contributed by atoms with Gasteiger partial charge in [-0.15, -0.1) is 0 Å². The van der Waals surface area contributed by atoms with Gasteiger partial charge in [-0.05, 0) is 13.2 Å². The zero-order valence-corrected chi connectivity index (χ0v) is 8.70. The summed E-state index contributed by atoms with van der Waals surface area (Å²) in [5.74, 6) is 0. The van der Waals surface area contributed by atoms with E-state index in [1.54, 1.807) is 11.8 Å². The zero-order valence-electron chi connectivity index (χ0n) is 7.88. The van der Waals surface area contributed by atoms with Gasteiger partial charge in [0.2, 0.25) is 0 Å².